The summed E-state index contributed by atoms with van der Waals surface area (Å²) in [5.41, 5.74) is 7.23. The van der Waals surface area contributed by atoms with Crippen molar-refractivity contribution in [2.24, 2.45) is 5.73 Å². The molecule has 0 saturated heterocycles. The van der Waals surface area contributed by atoms with Crippen LogP contribution < -0.4 is 16.4 Å². The molecule has 1 aromatic heterocycles. The molecule has 1 aromatic rings. The van der Waals surface area contributed by atoms with Crippen LogP contribution in [-0.4, -0.2) is 54.2 Å². The van der Waals surface area contributed by atoms with Gasteiger partial charge in [0, 0.05) is 38.1 Å². The third kappa shape index (κ3) is 15.1. The van der Waals surface area contributed by atoms with Crippen LogP contribution in [0.5, 0.6) is 0 Å². The zero-order valence-corrected chi connectivity index (χ0v) is 22.3. The van der Waals surface area contributed by atoms with Gasteiger partial charge in [0.1, 0.15) is 0 Å². The molecule has 33 heavy (non-hydrogen) atoms. The van der Waals surface area contributed by atoms with Crippen LogP contribution in [-0.2, 0) is 9.47 Å². The molecule has 2 amide bonds. The van der Waals surface area contributed by atoms with Crippen molar-refractivity contribution in [3.8, 4) is 0 Å². The first-order valence-corrected chi connectivity index (χ1v) is 10.7. The normalized spacial score (nSPS) is 12.7. The molecule has 4 N–H and O–H groups in total. The molecule has 0 fully saturated rings. The number of unbranched alkanes of at least 4 members (excludes halogenated alkanes) is 2. The van der Waals surface area contributed by atoms with Crippen molar-refractivity contribution >= 4 is 49.4 Å². The minimum atomic E-state index is -0.655. The summed E-state index contributed by atoms with van der Waals surface area (Å²) in [6.07, 6.45) is 4.69. The maximum atomic E-state index is 12.1. The van der Waals surface area contributed by atoms with Gasteiger partial charge < -0.3 is 25.8 Å². The second-order valence-corrected chi connectivity index (χ2v) is 7.15. The first-order chi connectivity index (χ1) is 14.4. The van der Waals surface area contributed by atoms with E-state index >= 15 is 0 Å². The van der Waals surface area contributed by atoms with Gasteiger partial charge in [-0.15, -0.1) is 37.2 Å². The zero-order chi connectivity index (χ0) is 22.4. The van der Waals surface area contributed by atoms with E-state index in [1.807, 2.05) is 26.0 Å². The van der Waals surface area contributed by atoms with Gasteiger partial charge in [-0.3, -0.25) is 4.98 Å². The van der Waals surface area contributed by atoms with E-state index < -0.39 is 24.6 Å². The highest BCUT2D eigenvalue weighted by molar-refractivity contribution is 5.86. The first kappa shape index (κ1) is 36.1. The molecule has 9 nitrogen and oxygen atoms in total. The minimum Gasteiger partial charge on any atom is -0.430 e. The molecule has 12 heteroatoms. The Morgan fingerprint density at radius 3 is 1.76 bits per heavy atom. The summed E-state index contributed by atoms with van der Waals surface area (Å²) in [5, 5.41) is 5.44. The number of amides is 2. The molecule has 0 spiro atoms. The Kier molecular flexibility index (Phi) is 23.0. The van der Waals surface area contributed by atoms with Crippen molar-refractivity contribution in [3.63, 3.8) is 0 Å². The molecule has 0 aliphatic carbocycles. The highest BCUT2D eigenvalue weighted by Gasteiger charge is 2.28. The second-order valence-electron chi connectivity index (χ2n) is 7.15. The Hall–Kier alpha value is -1.52. The molecule has 0 aliphatic heterocycles. The van der Waals surface area contributed by atoms with E-state index in [1.54, 1.807) is 31.1 Å². The van der Waals surface area contributed by atoms with Crippen LogP contribution in [0.15, 0.2) is 24.5 Å². The maximum Gasteiger partial charge on any atom is 0.408 e. The van der Waals surface area contributed by atoms with Crippen molar-refractivity contribution in [2.45, 2.75) is 71.9 Å². The van der Waals surface area contributed by atoms with Crippen LogP contribution in [0.3, 0.4) is 0 Å². The predicted octanol–water partition coefficient (Wildman–Crippen LogP) is 4.39. The number of halogens is 3. The van der Waals surface area contributed by atoms with Gasteiger partial charge in [-0.25, -0.2) is 14.5 Å². The van der Waals surface area contributed by atoms with Crippen molar-refractivity contribution < 1.29 is 19.1 Å². The van der Waals surface area contributed by atoms with Crippen LogP contribution in [0.1, 0.15) is 65.0 Å². The number of carbonyl (C=O) groups is 2. The second kappa shape index (κ2) is 21.0. The van der Waals surface area contributed by atoms with Crippen LogP contribution in [0.2, 0.25) is 0 Å². The summed E-state index contributed by atoms with van der Waals surface area (Å²) in [6, 6.07) is 3.28. The van der Waals surface area contributed by atoms with Crippen LogP contribution in [0.25, 0.3) is 0 Å². The Balaban J connectivity index is -0.00000300. The number of alkyl carbamates (subject to hydrolysis) is 2. The Morgan fingerprint density at radius 2 is 1.36 bits per heavy atom. The number of ether oxygens (including phenoxy) is 2. The summed E-state index contributed by atoms with van der Waals surface area (Å²) in [5.74, 6) is 0. The van der Waals surface area contributed by atoms with Gasteiger partial charge in [-0.1, -0.05) is 26.7 Å². The maximum absolute atomic E-state index is 12.1. The van der Waals surface area contributed by atoms with E-state index in [-0.39, 0.29) is 43.3 Å². The quantitative estimate of drug-likeness (QED) is 0.254. The molecule has 1 heterocycles. The number of rotatable bonds is 13. The third-order valence-corrected chi connectivity index (χ3v) is 4.63. The van der Waals surface area contributed by atoms with Gasteiger partial charge in [0.25, 0.3) is 0 Å². The summed E-state index contributed by atoms with van der Waals surface area (Å²) in [6.45, 7) is 8.96. The van der Waals surface area contributed by atoms with Gasteiger partial charge in [0.2, 0.25) is 0 Å². The molecular formula is C21H40Cl3N5O4. The Labute approximate surface area is 216 Å². The molecular weight excluding hydrogens is 493 g/mol. The molecule has 194 valence electrons. The largest absolute Gasteiger partial charge is 0.430 e. The average Bonchev–Trinajstić information content (AvgIpc) is 2.72. The lowest BCUT2D eigenvalue weighted by atomic mass is 10.1. The van der Waals surface area contributed by atoms with Gasteiger partial charge in [0.05, 0.1) is 0 Å². The van der Waals surface area contributed by atoms with Crippen molar-refractivity contribution in [2.75, 3.05) is 19.6 Å². The molecule has 0 radical (unpaired) electrons. The fourth-order valence-corrected chi connectivity index (χ4v) is 2.80. The van der Waals surface area contributed by atoms with Crippen molar-refractivity contribution in [1.29, 1.82) is 0 Å². The third-order valence-electron chi connectivity index (χ3n) is 4.63. The lowest BCUT2D eigenvalue weighted by Gasteiger charge is -2.34. The van der Waals surface area contributed by atoms with E-state index in [0.29, 0.717) is 19.6 Å². The number of aromatic nitrogens is 1. The van der Waals surface area contributed by atoms with E-state index in [9.17, 15) is 9.59 Å². The lowest BCUT2D eigenvalue weighted by Crippen LogP contribution is -2.49. The average molecular weight is 533 g/mol. The van der Waals surface area contributed by atoms with Crippen molar-refractivity contribution in [1.82, 2.24) is 20.5 Å². The minimum absolute atomic E-state index is 0. The molecule has 0 aromatic carbocycles. The summed E-state index contributed by atoms with van der Waals surface area (Å²) < 4.78 is 11.0. The number of carbonyl (C=O) groups excluding carboxylic acids is 2. The molecule has 3 unspecified atom stereocenters. The SMILES string of the molecule is CCCCNC(=O)OC(C)N(CC(N)c1ccncc1)C(C)OC(=O)NCCCC.Cl.Cl.Cl. The predicted molar refractivity (Wildman–Crippen MR) is 137 cm³/mol. The first-order valence-electron chi connectivity index (χ1n) is 10.7. The fraction of sp³-hybridized carbons (Fsp3) is 0.667. The van der Waals surface area contributed by atoms with E-state index in [0.717, 1.165) is 31.2 Å². The van der Waals surface area contributed by atoms with E-state index in [2.05, 4.69) is 15.6 Å². The van der Waals surface area contributed by atoms with Gasteiger partial charge in [0.15, 0.2) is 12.5 Å². The molecule has 0 aliphatic rings. The van der Waals surface area contributed by atoms with Gasteiger partial charge in [-0.05, 0) is 44.4 Å². The molecule has 0 bridgehead atoms. The number of nitrogens with one attached hydrogen (secondary N) is 2. The summed E-state index contributed by atoms with van der Waals surface area (Å²) >= 11 is 0. The highest BCUT2D eigenvalue weighted by atomic mass is 35.5. The smallest absolute Gasteiger partial charge is 0.408 e. The monoisotopic (exact) mass is 531 g/mol. The number of nitrogens with zero attached hydrogens (tertiary/aromatic N) is 2. The van der Waals surface area contributed by atoms with Crippen LogP contribution in [0.4, 0.5) is 9.59 Å². The van der Waals surface area contributed by atoms with Crippen LogP contribution >= 0.6 is 37.2 Å². The summed E-state index contributed by atoms with van der Waals surface area (Å²) in [7, 11) is 0. The highest BCUT2D eigenvalue weighted by Crippen LogP contribution is 2.16. The Bertz CT molecular complexity index is 601. The van der Waals surface area contributed by atoms with Crippen LogP contribution in [0, 0.1) is 0 Å². The van der Waals surface area contributed by atoms with E-state index in [1.165, 1.54) is 0 Å². The Morgan fingerprint density at radius 1 is 0.939 bits per heavy atom. The number of pyridine rings is 1. The standard InChI is InChI=1S/C21H37N5O4.3ClH/c1-5-7-11-24-20(27)29-16(3)26(15-19(22)18-9-13-23-14-10-18)17(4)30-21(28)25-12-8-6-2;;;/h9-10,13-14,16-17,19H,5-8,11-12,15,22H2,1-4H3,(H,24,27)(H,25,28);3*1H. The summed E-state index contributed by atoms with van der Waals surface area (Å²) in [4.78, 5) is 29.9. The van der Waals surface area contributed by atoms with E-state index in [4.69, 9.17) is 15.2 Å². The molecule has 0 saturated carbocycles. The van der Waals surface area contributed by atoms with Crippen molar-refractivity contribution in [3.05, 3.63) is 30.1 Å². The zero-order valence-electron chi connectivity index (χ0n) is 19.8. The number of nitrogens with two attached hydrogens (primary N) is 1. The molecule has 3 atom stereocenters. The van der Waals surface area contributed by atoms with Gasteiger partial charge in [-0.2, -0.15) is 0 Å². The topological polar surface area (TPSA) is 119 Å². The van der Waals surface area contributed by atoms with Gasteiger partial charge >= 0.3 is 12.2 Å². The molecule has 1 rings (SSSR count). The lowest BCUT2D eigenvalue weighted by molar-refractivity contribution is -0.0940. The fourth-order valence-electron chi connectivity index (χ4n) is 2.80. The number of hydrogen-bond donors (Lipinski definition) is 3. The number of hydrogen-bond acceptors (Lipinski definition) is 7.